The number of carbonyl (C=O) groups is 1. The van der Waals surface area contributed by atoms with Crippen LogP contribution in [-0.2, 0) is 8.85 Å². The molecule has 0 N–H and O–H groups in total. The van der Waals surface area contributed by atoms with E-state index in [1.807, 2.05) is 4.57 Å². The Labute approximate surface area is 147 Å². The molecule has 0 atom stereocenters. The third kappa shape index (κ3) is 11.1. The van der Waals surface area contributed by atoms with Crippen LogP contribution >= 0.6 is 0 Å². The Hall–Kier alpha value is -0.119. The Kier molecular flexibility index (Phi) is 9.34. The van der Waals surface area contributed by atoms with Crippen molar-refractivity contribution in [3.05, 3.63) is 0 Å². The first-order chi connectivity index (χ1) is 10.3. The van der Waals surface area contributed by atoms with Crippen LogP contribution in [0.2, 0.25) is 58.4 Å². The van der Waals surface area contributed by atoms with Crippen LogP contribution in [0.15, 0.2) is 0 Å². The fourth-order valence-corrected chi connectivity index (χ4v) is 6.44. The van der Waals surface area contributed by atoms with Gasteiger partial charge in [0.2, 0.25) is 8.32 Å². The van der Waals surface area contributed by atoms with E-state index in [0.29, 0.717) is 0 Å². The zero-order chi connectivity index (χ0) is 18.3. The monoisotopic (exact) mass is 377 g/mol. The van der Waals surface area contributed by atoms with Crippen LogP contribution in [-0.4, -0.2) is 48.7 Å². The van der Waals surface area contributed by atoms with Crippen molar-refractivity contribution in [2.75, 3.05) is 13.2 Å². The Morgan fingerprint density at radius 3 is 1.96 bits per heavy atom. The van der Waals surface area contributed by atoms with Gasteiger partial charge in [-0.2, -0.15) is 0 Å². The van der Waals surface area contributed by atoms with Gasteiger partial charge in [0.25, 0.3) is 0 Å². The van der Waals surface area contributed by atoms with Crippen LogP contribution in [0, 0.1) is 0 Å². The molecule has 0 aliphatic heterocycles. The first kappa shape index (κ1) is 22.9. The van der Waals surface area contributed by atoms with Gasteiger partial charge in [-0.15, -0.1) is 0 Å². The van der Waals surface area contributed by atoms with Gasteiger partial charge in [-0.1, -0.05) is 33.0 Å². The second kappa shape index (κ2) is 9.39. The molecule has 0 spiro atoms. The topological polar surface area (TPSA) is 38.8 Å². The number of carbonyl (C=O) groups excluding carboxylic acids is 1. The largest absolute Gasteiger partial charge is 0.505 e. The molecule has 0 saturated carbocycles. The maximum Gasteiger partial charge on any atom is 0.388 e. The molecule has 1 amide bonds. The quantitative estimate of drug-likeness (QED) is 0.372. The lowest BCUT2D eigenvalue weighted by molar-refractivity contribution is 0.174. The van der Waals surface area contributed by atoms with E-state index < -0.39 is 24.9 Å². The SMILES string of the molecule is CCCO[Si](C)(C)CCCCN(C(=O)O[Si](C)(C)C)[Si](C)(C)C. The van der Waals surface area contributed by atoms with Gasteiger partial charge in [-0.05, 0) is 51.6 Å². The minimum atomic E-state index is -1.84. The predicted octanol–water partition coefficient (Wildman–Crippen LogP) is 5.51. The van der Waals surface area contributed by atoms with E-state index in [1.165, 1.54) is 0 Å². The first-order valence-corrected chi connectivity index (χ1v) is 18.9. The molecule has 0 unspecified atom stereocenters. The van der Waals surface area contributed by atoms with Crippen molar-refractivity contribution >= 4 is 31.0 Å². The van der Waals surface area contributed by atoms with E-state index in [4.69, 9.17) is 8.85 Å². The van der Waals surface area contributed by atoms with Crippen molar-refractivity contribution in [2.24, 2.45) is 0 Å². The lowest BCUT2D eigenvalue weighted by Gasteiger charge is -2.35. The van der Waals surface area contributed by atoms with Gasteiger partial charge in [0.05, 0.1) is 0 Å². The van der Waals surface area contributed by atoms with Gasteiger partial charge in [0.1, 0.15) is 0 Å². The summed E-state index contributed by atoms with van der Waals surface area (Å²) in [5, 5.41) is 0. The maximum atomic E-state index is 12.5. The lowest BCUT2D eigenvalue weighted by Crippen LogP contribution is -2.52. The summed E-state index contributed by atoms with van der Waals surface area (Å²) in [5.41, 5.74) is 0. The fraction of sp³-hybridized carbons (Fsp3) is 0.938. The molecule has 0 aromatic rings. The molecule has 0 radical (unpaired) electrons. The minimum absolute atomic E-state index is 0.0953. The molecule has 7 heteroatoms. The summed E-state index contributed by atoms with van der Waals surface area (Å²) >= 11 is 0. The third-order valence-electron chi connectivity index (χ3n) is 3.53. The Balaban J connectivity index is 4.46. The predicted molar refractivity (Wildman–Crippen MR) is 108 cm³/mol. The van der Waals surface area contributed by atoms with E-state index >= 15 is 0 Å². The molecular formula is C16H39NO3Si3. The smallest absolute Gasteiger partial charge is 0.388 e. The summed E-state index contributed by atoms with van der Waals surface area (Å²) in [7, 11) is -5.07. The molecule has 0 rings (SSSR count). The normalized spacial score (nSPS) is 13.1. The number of rotatable bonds is 10. The molecule has 23 heavy (non-hydrogen) atoms. The van der Waals surface area contributed by atoms with Crippen molar-refractivity contribution in [3.8, 4) is 0 Å². The Bertz CT molecular complexity index is 363. The summed E-state index contributed by atoms with van der Waals surface area (Å²) in [4.78, 5) is 12.5. The average molecular weight is 378 g/mol. The van der Waals surface area contributed by atoms with Crippen LogP contribution in [0.3, 0.4) is 0 Å². The van der Waals surface area contributed by atoms with E-state index in [9.17, 15) is 4.79 Å². The molecule has 0 saturated heterocycles. The highest BCUT2D eigenvalue weighted by Gasteiger charge is 2.32. The second-order valence-corrected chi connectivity index (χ2v) is 22.5. The number of amides is 1. The zero-order valence-corrected chi connectivity index (χ0v) is 19.9. The van der Waals surface area contributed by atoms with Gasteiger partial charge in [-0.3, -0.25) is 0 Å². The van der Waals surface area contributed by atoms with Gasteiger partial charge < -0.3 is 13.4 Å². The molecule has 0 aliphatic rings. The molecule has 0 aromatic heterocycles. The molecule has 0 fully saturated rings. The van der Waals surface area contributed by atoms with Gasteiger partial charge >= 0.3 is 6.09 Å². The van der Waals surface area contributed by atoms with Crippen LogP contribution in [0.5, 0.6) is 0 Å². The number of hydrogen-bond donors (Lipinski definition) is 0. The van der Waals surface area contributed by atoms with Crippen molar-refractivity contribution in [2.45, 2.75) is 84.6 Å². The average Bonchev–Trinajstić information content (AvgIpc) is 2.32. The summed E-state index contributed by atoms with van der Waals surface area (Å²) in [6.07, 6.45) is 3.16. The van der Waals surface area contributed by atoms with Crippen molar-refractivity contribution in [1.82, 2.24) is 4.57 Å². The zero-order valence-electron chi connectivity index (χ0n) is 16.9. The third-order valence-corrected chi connectivity index (χ3v) is 8.89. The van der Waals surface area contributed by atoms with Crippen LogP contribution in [0.1, 0.15) is 26.2 Å². The van der Waals surface area contributed by atoms with Gasteiger partial charge in [-0.25, -0.2) is 4.79 Å². The maximum absolute atomic E-state index is 12.5. The standard InChI is InChI=1S/C16H39NO3Si3/c1-10-14-19-23(8,9)15-12-11-13-17(21(2,3)4)16(18)20-22(5,6)7/h10-15H2,1-9H3. The highest BCUT2D eigenvalue weighted by Crippen LogP contribution is 2.19. The highest BCUT2D eigenvalue weighted by atomic mass is 28.4. The van der Waals surface area contributed by atoms with Crippen molar-refractivity contribution in [3.63, 3.8) is 0 Å². The van der Waals surface area contributed by atoms with Gasteiger partial charge in [0.15, 0.2) is 16.6 Å². The van der Waals surface area contributed by atoms with E-state index in [1.54, 1.807) is 0 Å². The second-order valence-electron chi connectivity index (χ2n) is 8.87. The Morgan fingerprint density at radius 2 is 1.52 bits per heavy atom. The molecule has 4 nitrogen and oxygen atoms in total. The Morgan fingerprint density at radius 1 is 0.957 bits per heavy atom. The molecule has 0 aromatic carbocycles. The number of unbranched alkanes of at least 4 members (excludes halogenated alkanes) is 1. The molecule has 0 bridgehead atoms. The highest BCUT2D eigenvalue weighted by molar-refractivity contribution is 6.76. The van der Waals surface area contributed by atoms with E-state index in [2.05, 4.69) is 59.3 Å². The number of nitrogens with zero attached hydrogens (tertiary/aromatic N) is 1. The summed E-state index contributed by atoms with van der Waals surface area (Å²) in [5.74, 6) is 0. The first-order valence-electron chi connectivity index (χ1n) is 8.93. The fourth-order valence-electron chi connectivity index (χ4n) is 2.29. The summed E-state index contributed by atoms with van der Waals surface area (Å²) in [6, 6.07) is 1.16. The summed E-state index contributed by atoms with van der Waals surface area (Å²) in [6.45, 7) is 21.2. The molecule has 0 aliphatic carbocycles. The van der Waals surface area contributed by atoms with Crippen LogP contribution in [0.4, 0.5) is 4.79 Å². The summed E-state index contributed by atoms with van der Waals surface area (Å²) < 4.78 is 13.8. The van der Waals surface area contributed by atoms with E-state index in [0.717, 1.165) is 38.5 Å². The van der Waals surface area contributed by atoms with Crippen molar-refractivity contribution < 1.29 is 13.6 Å². The minimum Gasteiger partial charge on any atom is -0.505 e. The molecule has 0 heterocycles. The number of hydrogen-bond acceptors (Lipinski definition) is 3. The molecular weight excluding hydrogens is 338 g/mol. The van der Waals surface area contributed by atoms with Crippen LogP contribution < -0.4 is 0 Å². The van der Waals surface area contributed by atoms with Crippen molar-refractivity contribution in [1.29, 1.82) is 0 Å². The molecule has 138 valence electrons. The van der Waals surface area contributed by atoms with E-state index in [-0.39, 0.29) is 6.09 Å². The lowest BCUT2D eigenvalue weighted by atomic mass is 10.3. The van der Waals surface area contributed by atoms with Crippen LogP contribution in [0.25, 0.3) is 0 Å². The van der Waals surface area contributed by atoms with Gasteiger partial charge in [0, 0.05) is 13.2 Å².